The molecule has 2 saturated carbocycles. The summed E-state index contributed by atoms with van der Waals surface area (Å²) >= 11 is 0. The van der Waals surface area contributed by atoms with Crippen LogP contribution in [0, 0.1) is 23.7 Å². The second-order valence-corrected chi connectivity index (χ2v) is 4.93. The number of fused-ring (bicyclic) bond motifs is 5. The van der Waals surface area contributed by atoms with Crippen LogP contribution in [0.4, 0.5) is 0 Å². The number of rotatable bonds is 0. The summed E-state index contributed by atoms with van der Waals surface area (Å²) in [5, 5.41) is 0. The van der Waals surface area contributed by atoms with Crippen LogP contribution in [0.25, 0.3) is 0 Å². The molecule has 2 bridgehead atoms. The van der Waals surface area contributed by atoms with E-state index in [9.17, 15) is 0 Å². The lowest BCUT2D eigenvalue weighted by molar-refractivity contribution is 0.319. The standard InChI is InChI=1S/C12H17N/c1-7-11-9-4-5-10(6-9)12(11)8(2)13(7)3/h9-12H,1-2,4-6H2,3H3. The second kappa shape index (κ2) is 2.20. The SMILES string of the molecule is C=C1C2C3CCC(C3)C2C(=C)N1C. The predicted molar refractivity (Wildman–Crippen MR) is 53.9 cm³/mol. The predicted octanol–water partition coefficient (Wildman–Crippen LogP) is 2.62. The molecular formula is C12H17N. The summed E-state index contributed by atoms with van der Waals surface area (Å²) in [4.78, 5) is 2.24. The van der Waals surface area contributed by atoms with E-state index in [0.29, 0.717) is 0 Å². The first kappa shape index (κ1) is 7.66. The van der Waals surface area contributed by atoms with Gasteiger partial charge in [0.05, 0.1) is 0 Å². The zero-order valence-electron chi connectivity index (χ0n) is 8.29. The van der Waals surface area contributed by atoms with Crippen molar-refractivity contribution in [3.63, 3.8) is 0 Å². The van der Waals surface area contributed by atoms with Crippen LogP contribution in [0.2, 0.25) is 0 Å². The molecule has 4 unspecified atom stereocenters. The Hall–Kier alpha value is -0.720. The highest BCUT2D eigenvalue weighted by molar-refractivity contribution is 5.29. The van der Waals surface area contributed by atoms with Crippen molar-refractivity contribution in [2.45, 2.75) is 19.3 Å². The molecule has 1 aliphatic heterocycles. The summed E-state index contributed by atoms with van der Waals surface area (Å²) in [5.41, 5.74) is 2.67. The van der Waals surface area contributed by atoms with Crippen molar-refractivity contribution in [1.82, 2.24) is 4.90 Å². The number of likely N-dealkylation sites (tertiary alicyclic amines) is 1. The fraction of sp³-hybridized carbons (Fsp3) is 0.667. The maximum Gasteiger partial charge on any atom is 0.0142 e. The van der Waals surface area contributed by atoms with Crippen molar-refractivity contribution >= 4 is 0 Å². The molecule has 1 heterocycles. The molecular weight excluding hydrogens is 158 g/mol. The zero-order valence-corrected chi connectivity index (χ0v) is 8.29. The molecule has 0 radical (unpaired) electrons. The monoisotopic (exact) mass is 175 g/mol. The molecule has 0 aromatic carbocycles. The first-order valence-electron chi connectivity index (χ1n) is 5.31. The van der Waals surface area contributed by atoms with Crippen LogP contribution in [0.1, 0.15) is 19.3 Å². The highest BCUT2D eigenvalue weighted by atomic mass is 15.2. The molecule has 1 heteroatoms. The highest BCUT2D eigenvalue weighted by Crippen LogP contribution is 2.61. The molecule has 13 heavy (non-hydrogen) atoms. The molecule has 70 valence electrons. The molecule has 3 aliphatic rings. The van der Waals surface area contributed by atoms with Gasteiger partial charge in [0.25, 0.3) is 0 Å². The Balaban J connectivity index is 2.03. The zero-order chi connectivity index (χ0) is 9.16. The Morgan fingerprint density at radius 3 is 2.00 bits per heavy atom. The largest absolute Gasteiger partial charge is 0.352 e. The molecule has 1 nitrogen and oxygen atoms in total. The van der Waals surface area contributed by atoms with Gasteiger partial charge in [0, 0.05) is 30.3 Å². The fourth-order valence-electron chi connectivity index (χ4n) is 3.88. The van der Waals surface area contributed by atoms with Crippen molar-refractivity contribution in [2.24, 2.45) is 23.7 Å². The van der Waals surface area contributed by atoms with E-state index >= 15 is 0 Å². The first-order valence-corrected chi connectivity index (χ1v) is 5.31. The van der Waals surface area contributed by atoms with Crippen LogP contribution in [-0.4, -0.2) is 11.9 Å². The van der Waals surface area contributed by atoms with Crippen LogP contribution in [0.3, 0.4) is 0 Å². The Kier molecular flexibility index (Phi) is 1.30. The quantitative estimate of drug-likeness (QED) is 0.547. The maximum atomic E-state index is 4.21. The van der Waals surface area contributed by atoms with Gasteiger partial charge in [-0.1, -0.05) is 13.2 Å². The van der Waals surface area contributed by atoms with E-state index < -0.39 is 0 Å². The van der Waals surface area contributed by atoms with Gasteiger partial charge in [0.15, 0.2) is 0 Å². The van der Waals surface area contributed by atoms with Gasteiger partial charge in [-0.05, 0) is 31.1 Å². The van der Waals surface area contributed by atoms with Crippen molar-refractivity contribution in [3.05, 3.63) is 24.6 Å². The van der Waals surface area contributed by atoms with Crippen LogP contribution in [0.15, 0.2) is 24.6 Å². The Morgan fingerprint density at radius 2 is 1.54 bits per heavy atom. The Morgan fingerprint density at radius 1 is 1.08 bits per heavy atom. The van der Waals surface area contributed by atoms with Gasteiger partial charge in [-0.15, -0.1) is 0 Å². The third-order valence-corrected chi connectivity index (χ3v) is 4.55. The van der Waals surface area contributed by atoms with E-state index in [1.807, 2.05) is 0 Å². The maximum absolute atomic E-state index is 4.21. The molecule has 3 fully saturated rings. The smallest absolute Gasteiger partial charge is 0.0142 e. The van der Waals surface area contributed by atoms with E-state index in [-0.39, 0.29) is 0 Å². The topological polar surface area (TPSA) is 3.24 Å². The summed E-state index contributed by atoms with van der Waals surface area (Å²) < 4.78 is 0. The molecule has 3 rings (SSSR count). The fourth-order valence-corrected chi connectivity index (χ4v) is 3.88. The molecule has 2 aliphatic carbocycles. The van der Waals surface area contributed by atoms with Gasteiger partial charge in [-0.3, -0.25) is 0 Å². The summed E-state index contributed by atoms with van der Waals surface area (Å²) in [6.07, 6.45) is 4.32. The van der Waals surface area contributed by atoms with E-state index in [1.54, 1.807) is 0 Å². The third-order valence-electron chi connectivity index (χ3n) is 4.55. The van der Waals surface area contributed by atoms with Crippen molar-refractivity contribution in [3.8, 4) is 0 Å². The van der Waals surface area contributed by atoms with E-state index in [2.05, 4.69) is 25.1 Å². The Labute approximate surface area is 80.1 Å². The minimum absolute atomic E-state index is 0.760. The van der Waals surface area contributed by atoms with Gasteiger partial charge >= 0.3 is 0 Å². The molecule has 0 aromatic rings. The van der Waals surface area contributed by atoms with Gasteiger partial charge < -0.3 is 4.90 Å². The lowest BCUT2D eigenvalue weighted by Gasteiger charge is -2.23. The highest BCUT2D eigenvalue weighted by Gasteiger charge is 2.54. The lowest BCUT2D eigenvalue weighted by Crippen LogP contribution is -2.18. The van der Waals surface area contributed by atoms with Crippen LogP contribution >= 0.6 is 0 Å². The molecule has 0 aromatic heterocycles. The van der Waals surface area contributed by atoms with Crippen LogP contribution < -0.4 is 0 Å². The number of hydrogen-bond donors (Lipinski definition) is 0. The van der Waals surface area contributed by atoms with Crippen LogP contribution in [0.5, 0.6) is 0 Å². The normalized spacial score (nSPS) is 47.6. The van der Waals surface area contributed by atoms with Gasteiger partial charge in [-0.25, -0.2) is 0 Å². The van der Waals surface area contributed by atoms with Gasteiger partial charge in [0.1, 0.15) is 0 Å². The van der Waals surface area contributed by atoms with Crippen LogP contribution in [-0.2, 0) is 0 Å². The molecule has 0 spiro atoms. The molecule has 0 N–H and O–H groups in total. The van der Waals surface area contributed by atoms with Gasteiger partial charge in [-0.2, -0.15) is 0 Å². The number of hydrogen-bond acceptors (Lipinski definition) is 1. The molecule has 0 amide bonds. The number of nitrogens with zero attached hydrogens (tertiary/aromatic N) is 1. The molecule has 4 atom stereocenters. The first-order chi connectivity index (χ1) is 6.20. The summed E-state index contributed by atoms with van der Waals surface area (Å²) in [7, 11) is 2.13. The van der Waals surface area contributed by atoms with Crippen molar-refractivity contribution in [2.75, 3.05) is 7.05 Å². The van der Waals surface area contributed by atoms with Gasteiger partial charge in [0.2, 0.25) is 0 Å². The minimum atomic E-state index is 0.760. The summed E-state index contributed by atoms with van der Waals surface area (Å²) in [6, 6.07) is 0. The van der Waals surface area contributed by atoms with E-state index in [4.69, 9.17) is 0 Å². The van der Waals surface area contributed by atoms with E-state index in [1.165, 1.54) is 30.7 Å². The average Bonchev–Trinajstić information content (AvgIpc) is 2.76. The number of allylic oxidation sites excluding steroid dienone is 2. The summed E-state index contributed by atoms with van der Waals surface area (Å²) in [6.45, 7) is 8.42. The molecule has 1 saturated heterocycles. The lowest BCUT2D eigenvalue weighted by atomic mass is 9.79. The summed E-state index contributed by atoms with van der Waals surface area (Å²) in [5.74, 6) is 3.39. The second-order valence-electron chi connectivity index (χ2n) is 4.93. The Bertz CT molecular complexity index is 263. The van der Waals surface area contributed by atoms with Crippen molar-refractivity contribution in [1.29, 1.82) is 0 Å². The van der Waals surface area contributed by atoms with E-state index in [0.717, 1.165) is 23.7 Å². The van der Waals surface area contributed by atoms with Crippen molar-refractivity contribution < 1.29 is 0 Å². The third kappa shape index (κ3) is 0.738. The minimum Gasteiger partial charge on any atom is -0.352 e. The average molecular weight is 175 g/mol.